The monoisotopic (exact) mass is 332 g/mol. The number of alkyl halides is 6. The lowest BCUT2D eigenvalue weighted by molar-refractivity contribution is -0.274. The van der Waals surface area contributed by atoms with Gasteiger partial charge in [0.25, 0.3) is 0 Å². The Morgan fingerprint density at radius 2 is 1.57 bits per heavy atom. The predicted octanol–water partition coefficient (Wildman–Crippen LogP) is 5.91. The van der Waals surface area contributed by atoms with Gasteiger partial charge >= 0.3 is 12.5 Å². The maximum Gasteiger partial charge on any atom is 0.573 e. The average Bonchev–Trinajstić information content (AvgIpc) is 2.44. The van der Waals surface area contributed by atoms with Gasteiger partial charge in [0.2, 0.25) is 0 Å². The van der Waals surface area contributed by atoms with E-state index in [4.69, 9.17) is 0 Å². The molecule has 122 valence electrons. The van der Waals surface area contributed by atoms with Crippen LogP contribution in [0.2, 0.25) is 0 Å². The fourth-order valence-electron chi connectivity index (χ4n) is 2.07. The van der Waals surface area contributed by atoms with Crippen LogP contribution in [0.15, 0.2) is 49.0 Å². The molecule has 0 aromatic heterocycles. The molecule has 0 fully saturated rings. The van der Waals surface area contributed by atoms with Crippen LogP contribution < -0.4 is 4.74 Å². The lowest BCUT2D eigenvalue weighted by atomic mass is 9.98. The van der Waals surface area contributed by atoms with Gasteiger partial charge < -0.3 is 4.74 Å². The fourth-order valence-corrected chi connectivity index (χ4v) is 2.07. The summed E-state index contributed by atoms with van der Waals surface area (Å²) in [5.74, 6) is -0.609. The highest BCUT2D eigenvalue weighted by molar-refractivity contribution is 5.72. The lowest BCUT2D eigenvalue weighted by Gasteiger charge is -2.16. The van der Waals surface area contributed by atoms with Crippen LogP contribution in [-0.2, 0) is 6.18 Å². The van der Waals surface area contributed by atoms with Crippen molar-refractivity contribution >= 4 is 6.08 Å². The molecule has 2 rings (SSSR count). The van der Waals surface area contributed by atoms with E-state index in [0.29, 0.717) is 0 Å². The summed E-state index contributed by atoms with van der Waals surface area (Å²) >= 11 is 0. The Hall–Kier alpha value is -2.44. The Kier molecular flexibility index (Phi) is 4.40. The molecule has 1 nitrogen and oxygen atoms in total. The van der Waals surface area contributed by atoms with Gasteiger partial charge in [-0.15, -0.1) is 13.2 Å². The minimum Gasteiger partial charge on any atom is -0.405 e. The minimum atomic E-state index is -4.96. The SMILES string of the molecule is C=Cc1ccc(-c2ccccc2C(F)(F)F)cc1OC(F)(F)F. The van der Waals surface area contributed by atoms with Crippen LogP contribution in [0.1, 0.15) is 11.1 Å². The molecular formula is C16H10F6O. The van der Waals surface area contributed by atoms with E-state index in [1.165, 1.54) is 30.3 Å². The number of halogens is 6. The normalized spacial score (nSPS) is 12.1. The van der Waals surface area contributed by atoms with Gasteiger partial charge in [-0.25, -0.2) is 0 Å². The molecule has 7 heteroatoms. The van der Waals surface area contributed by atoms with E-state index < -0.39 is 23.9 Å². The predicted molar refractivity (Wildman–Crippen MR) is 73.7 cm³/mol. The van der Waals surface area contributed by atoms with Crippen LogP contribution >= 0.6 is 0 Å². The Morgan fingerprint density at radius 1 is 0.913 bits per heavy atom. The van der Waals surface area contributed by atoms with E-state index in [-0.39, 0.29) is 16.7 Å². The van der Waals surface area contributed by atoms with E-state index in [0.717, 1.165) is 18.2 Å². The molecule has 23 heavy (non-hydrogen) atoms. The highest BCUT2D eigenvalue weighted by Gasteiger charge is 2.34. The quantitative estimate of drug-likeness (QED) is 0.635. The zero-order valence-corrected chi connectivity index (χ0v) is 11.5. The molecule has 0 aliphatic heterocycles. The van der Waals surface area contributed by atoms with Crippen molar-refractivity contribution in [3.05, 3.63) is 60.2 Å². The highest BCUT2D eigenvalue weighted by atomic mass is 19.4. The van der Waals surface area contributed by atoms with Gasteiger partial charge in [0.1, 0.15) is 5.75 Å². The van der Waals surface area contributed by atoms with Gasteiger partial charge in [0.05, 0.1) is 5.56 Å². The molecular weight excluding hydrogens is 322 g/mol. The third kappa shape index (κ3) is 4.06. The van der Waals surface area contributed by atoms with Crippen LogP contribution in [0.25, 0.3) is 17.2 Å². The van der Waals surface area contributed by atoms with E-state index in [1.54, 1.807) is 0 Å². The minimum absolute atomic E-state index is 0.0237. The summed E-state index contributed by atoms with van der Waals surface area (Å²) in [7, 11) is 0. The third-order valence-corrected chi connectivity index (χ3v) is 3.00. The summed E-state index contributed by atoms with van der Waals surface area (Å²) < 4.78 is 80.2. The van der Waals surface area contributed by atoms with Crippen molar-refractivity contribution in [2.45, 2.75) is 12.5 Å². The van der Waals surface area contributed by atoms with Crippen molar-refractivity contribution in [1.82, 2.24) is 0 Å². The summed E-state index contributed by atoms with van der Waals surface area (Å²) in [5.41, 5.74) is -1.19. The smallest absolute Gasteiger partial charge is 0.405 e. The third-order valence-electron chi connectivity index (χ3n) is 3.00. The zero-order valence-electron chi connectivity index (χ0n) is 11.5. The van der Waals surface area contributed by atoms with Crippen molar-refractivity contribution in [2.24, 2.45) is 0 Å². The average molecular weight is 332 g/mol. The summed E-state index contributed by atoms with van der Waals surface area (Å²) in [6, 6.07) is 8.04. The molecule has 0 aliphatic carbocycles. The van der Waals surface area contributed by atoms with E-state index in [2.05, 4.69) is 11.3 Å². The fraction of sp³-hybridized carbons (Fsp3) is 0.125. The Morgan fingerprint density at radius 3 is 2.13 bits per heavy atom. The molecule has 0 bridgehead atoms. The topological polar surface area (TPSA) is 9.23 Å². The zero-order chi connectivity index (χ0) is 17.3. The number of ether oxygens (including phenoxy) is 1. The molecule has 2 aromatic rings. The van der Waals surface area contributed by atoms with Crippen molar-refractivity contribution in [1.29, 1.82) is 0 Å². The van der Waals surface area contributed by atoms with Crippen LogP contribution in [0, 0.1) is 0 Å². The molecule has 0 amide bonds. The molecule has 0 N–H and O–H groups in total. The second kappa shape index (κ2) is 5.98. The van der Waals surface area contributed by atoms with Crippen LogP contribution in [0.4, 0.5) is 26.3 Å². The summed E-state index contributed by atoms with van der Waals surface area (Å²) in [6.07, 6.45) is -8.46. The second-order valence-corrected chi connectivity index (χ2v) is 4.55. The Labute approximate surface area is 127 Å². The molecule has 0 aliphatic rings. The van der Waals surface area contributed by atoms with E-state index in [1.807, 2.05) is 0 Å². The highest BCUT2D eigenvalue weighted by Crippen LogP contribution is 2.39. The van der Waals surface area contributed by atoms with Gasteiger partial charge in [-0.05, 0) is 23.3 Å². The van der Waals surface area contributed by atoms with Crippen LogP contribution in [0.5, 0.6) is 5.75 Å². The van der Waals surface area contributed by atoms with Crippen LogP contribution in [0.3, 0.4) is 0 Å². The molecule has 0 radical (unpaired) electrons. The number of benzene rings is 2. The first-order valence-electron chi connectivity index (χ1n) is 6.30. The van der Waals surface area contributed by atoms with Crippen molar-refractivity contribution < 1.29 is 31.1 Å². The number of rotatable bonds is 3. The molecule has 0 spiro atoms. The standard InChI is InChI=1S/C16H10F6O/c1-2-10-7-8-11(9-14(10)23-16(20,21)22)12-5-3-4-6-13(12)15(17,18)19/h2-9H,1H2. The van der Waals surface area contributed by atoms with Gasteiger partial charge in [0.15, 0.2) is 0 Å². The Bertz CT molecular complexity index is 715. The molecule has 2 aromatic carbocycles. The van der Waals surface area contributed by atoms with Crippen molar-refractivity contribution in [3.8, 4) is 16.9 Å². The van der Waals surface area contributed by atoms with E-state index in [9.17, 15) is 26.3 Å². The van der Waals surface area contributed by atoms with Crippen molar-refractivity contribution in [2.75, 3.05) is 0 Å². The maximum atomic E-state index is 13.0. The first kappa shape index (κ1) is 16.9. The summed E-state index contributed by atoms with van der Waals surface area (Å²) in [4.78, 5) is 0. The summed E-state index contributed by atoms with van der Waals surface area (Å²) in [5, 5.41) is 0. The molecule has 0 atom stereocenters. The molecule has 0 heterocycles. The van der Waals surface area contributed by atoms with Crippen molar-refractivity contribution in [3.63, 3.8) is 0 Å². The van der Waals surface area contributed by atoms with Gasteiger partial charge in [-0.2, -0.15) is 13.2 Å². The summed E-state index contributed by atoms with van der Waals surface area (Å²) in [6.45, 7) is 3.35. The lowest BCUT2D eigenvalue weighted by Crippen LogP contribution is -2.17. The van der Waals surface area contributed by atoms with E-state index >= 15 is 0 Å². The second-order valence-electron chi connectivity index (χ2n) is 4.55. The number of hydrogen-bond acceptors (Lipinski definition) is 1. The molecule has 0 saturated heterocycles. The van der Waals surface area contributed by atoms with Gasteiger partial charge in [0, 0.05) is 5.56 Å². The molecule has 0 unspecified atom stereocenters. The molecule has 0 saturated carbocycles. The van der Waals surface area contributed by atoms with Gasteiger partial charge in [-0.1, -0.05) is 43.0 Å². The number of hydrogen-bond donors (Lipinski definition) is 0. The maximum absolute atomic E-state index is 13.0. The van der Waals surface area contributed by atoms with Gasteiger partial charge in [-0.3, -0.25) is 0 Å². The first-order valence-corrected chi connectivity index (χ1v) is 6.30. The first-order chi connectivity index (χ1) is 10.6. The largest absolute Gasteiger partial charge is 0.573 e. The van der Waals surface area contributed by atoms with Crippen LogP contribution in [-0.4, -0.2) is 6.36 Å². The Balaban J connectivity index is 2.58.